The first-order valence-corrected chi connectivity index (χ1v) is 10.8. The van der Waals surface area contributed by atoms with Crippen LogP contribution in [0, 0.1) is 6.92 Å². The van der Waals surface area contributed by atoms with Crippen molar-refractivity contribution >= 4 is 52.3 Å². The summed E-state index contributed by atoms with van der Waals surface area (Å²) >= 11 is 12.3. The summed E-state index contributed by atoms with van der Waals surface area (Å²) < 4.78 is 0. The Labute approximate surface area is 200 Å². The molecular weight excluding hydrogens is 461 g/mol. The lowest BCUT2D eigenvalue weighted by Crippen LogP contribution is -2.32. The highest BCUT2D eigenvalue weighted by atomic mass is 35.5. The quantitative estimate of drug-likeness (QED) is 0.486. The smallest absolute Gasteiger partial charge is 0.283 e. The molecule has 0 aromatic heterocycles. The molecule has 0 bridgehead atoms. The molecule has 1 heterocycles. The summed E-state index contributed by atoms with van der Waals surface area (Å²) in [4.78, 5) is 39.4. The van der Waals surface area contributed by atoms with Crippen molar-refractivity contribution in [3.8, 4) is 0 Å². The molecule has 0 unspecified atom stereocenters. The summed E-state index contributed by atoms with van der Waals surface area (Å²) in [5.74, 6) is -1.52. The number of imide groups is 1. The molecular formula is C25H19Cl2N3O3. The van der Waals surface area contributed by atoms with Gasteiger partial charge in [-0.1, -0.05) is 65.7 Å². The fraction of sp³-hybridized carbons (Fsp3) is 0.0800. The van der Waals surface area contributed by atoms with Crippen LogP contribution in [0.25, 0.3) is 0 Å². The number of carbonyl (C=O) groups is 3. The highest BCUT2D eigenvalue weighted by Crippen LogP contribution is 2.33. The Morgan fingerprint density at radius 2 is 1.67 bits per heavy atom. The van der Waals surface area contributed by atoms with Crippen LogP contribution in [0.1, 0.15) is 21.5 Å². The van der Waals surface area contributed by atoms with Gasteiger partial charge in [0, 0.05) is 22.8 Å². The van der Waals surface area contributed by atoms with Crippen molar-refractivity contribution in [1.82, 2.24) is 5.32 Å². The van der Waals surface area contributed by atoms with Gasteiger partial charge in [-0.15, -0.1) is 0 Å². The Bertz CT molecular complexity index is 1290. The van der Waals surface area contributed by atoms with E-state index in [1.807, 2.05) is 30.3 Å². The van der Waals surface area contributed by atoms with Crippen molar-refractivity contribution in [3.05, 3.63) is 105 Å². The van der Waals surface area contributed by atoms with E-state index in [1.54, 1.807) is 43.3 Å². The Hall–Kier alpha value is -3.61. The molecule has 0 fully saturated rings. The first kappa shape index (κ1) is 22.6. The van der Waals surface area contributed by atoms with E-state index >= 15 is 0 Å². The highest BCUT2D eigenvalue weighted by molar-refractivity contribution is 6.53. The molecule has 166 valence electrons. The molecule has 2 N–H and O–H groups in total. The lowest BCUT2D eigenvalue weighted by molar-refractivity contribution is -0.120. The molecule has 0 spiro atoms. The lowest BCUT2D eigenvalue weighted by atomic mass is 10.1. The summed E-state index contributed by atoms with van der Waals surface area (Å²) in [7, 11) is 0. The van der Waals surface area contributed by atoms with E-state index in [2.05, 4.69) is 10.6 Å². The normalized spacial score (nSPS) is 13.5. The van der Waals surface area contributed by atoms with Gasteiger partial charge >= 0.3 is 0 Å². The van der Waals surface area contributed by atoms with Gasteiger partial charge < -0.3 is 10.6 Å². The van der Waals surface area contributed by atoms with E-state index in [0.717, 1.165) is 10.5 Å². The van der Waals surface area contributed by atoms with Crippen LogP contribution in [-0.2, 0) is 16.1 Å². The largest absolute Gasteiger partial charge is 0.350 e. The first-order chi connectivity index (χ1) is 15.8. The summed E-state index contributed by atoms with van der Waals surface area (Å²) in [6, 6.07) is 21.1. The molecule has 0 radical (unpaired) electrons. The van der Waals surface area contributed by atoms with E-state index in [-0.39, 0.29) is 16.6 Å². The second-order valence-corrected chi connectivity index (χ2v) is 8.25. The Morgan fingerprint density at radius 3 is 2.42 bits per heavy atom. The third-order valence-corrected chi connectivity index (χ3v) is 5.72. The zero-order chi connectivity index (χ0) is 23.5. The number of halogens is 2. The molecule has 1 aliphatic rings. The second kappa shape index (κ2) is 9.48. The summed E-state index contributed by atoms with van der Waals surface area (Å²) in [5, 5.41) is 5.90. The molecule has 3 amide bonds. The van der Waals surface area contributed by atoms with Gasteiger partial charge in [0.1, 0.15) is 10.7 Å². The maximum atomic E-state index is 13.1. The summed E-state index contributed by atoms with van der Waals surface area (Å²) in [6.45, 7) is 2.15. The minimum Gasteiger partial charge on any atom is -0.350 e. The SMILES string of the molecule is Cc1ccc(Cl)cc1N1C(=O)C(Cl)=C(Nc2cccc(C(=O)NCc3ccccc3)c2)C1=O. The van der Waals surface area contributed by atoms with Crippen molar-refractivity contribution in [1.29, 1.82) is 0 Å². The zero-order valence-electron chi connectivity index (χ0n) is 17.6. The van der Waals surface area contributed by atoms with Crippen molar-refractivity contribution in [2.45, 2.75) is 13.5 Å². The Balaban J connectivity index is 1.52. The van der Waals surface area contributed by atoms with Crippen molar-refractivity contribution < 1.29 is 14.4 Å². The lowest BCUT2D eigenvalue weighted by Gasteiger charge is -2.18. The number of amides is 3. The zero-order valence-corrected chi connectivity index (χ0v) is 19.1. The number of hydrogen-bond donors (Lipinski definition) is 2. The maximum absolute atomic E-state index is 13.1. The summed E-state index contributed by atoms with van der Waals surface area (Å²) in [5.41, 5.74) is 2.81. The van der Waals surface area contributed by atoms with Gasteiger partial charge in [-0.3, -0.25) is 14.4 Å². The van der Waals surface area contributed by atoms with E-state index < -0.39 is 11.8 Å². The van der Waals surface area contributed by atoms with Gasteiger partial charge in [-0.25, -0.2) is 4.90 Å². The molecule has 3 aromatic carbocycles. The van der Waals surface area contributed by atoms with Crippen LogP contribution in [0.5, 0.6) is 0 Å². The van der Waals surface area contributed by atoms with Crippen LogP contribution >= 0.6 is 23.2 Å². The summed E-state index contributed by atoms with van der Waals surface area (Å²) in [6.07, 6.45) is 0. The first-order valence-electron chi connectivity index (χ1n) is 10.1. The molecule has 0 saturated carbocycles. The average Bonchev–Trinajstić information content (AvgIpc) is 3.03. The van der Waals surface area contributed by atoms with Crippen LogP contribution < -0.4 is 15.5 Å². The predicted octanol–water partition coefficient (Wildman–Crippen LogP) is 5.01. The molecule has 0 atom stereocenters. The molecule has 1 aliphatic heterocycles. The number of benzene rings is 3. The molecule has 0 saturated heterocycles. The maximum Gasteiger partial charge on any atom is 0.283 e. The van der Waals surface area contributed by atoms with Gasteiger partial charge in [0.25, 0.3) is 17.7 Å². The van der Waals surface area contributed by atoms with Gasteiger partial charge in [-0.2, -0.15) is 0 Å². The topological polar surface area (TPSA) is 78.5 Å². The number of nitrogens with one attached hydrogen (secondary N) is 2. The van der Waals surface area contributed by atoms with Gasteiger partial charge in [0.15, 0.2) is 0 Å². The third-order valence-electron chi connectivity index (χ3n) is 5.13. The Kier molecular flexibility index (Phi) is 6.49. The number of rotatable bonds is 6. The number of hydrogen-bond acceptors (Lipinski definition) is 4. The standard InChI is InChI=1S/C25H19Cl2N3O3/c1-15-10-11-18(26)13-20(15)30-24(32)21(27)22(25(30)33)29-19-9-5-8-17(12-19)23(31)28-14-16-6-3-2-4-7-16/h2-13,29H,14H2,1H3,(H,28,31). The van der Waals surface area contributed by atoms with Crippen LogP contribution in [0.15, 0.2) is 83.5 Å². The van der Waals surface area contributed by atoms with E-state index in [1.165, 1.54) is 6.07 Å². The van der Waals surface area contributed by atoms with Crippen LogP contribution in [-0.4, -0.2) is 17.7 Å². The minimum atomic E-state index is -0.647. The van der Waals surface area contributed by atoms with E-state index in [4.69, 9.17) is 23.2 Å². The van der Waals surface area contributed by atoms with Crippen molar-refractivity contribution in [2.24, 2.45) is 0 Å². The Morgan fingerprint density at radius 1 is 0.909 bits per heavy atom. The molecule has 4 rings (SSSR count). The average molecular weight is 480 g/mol. The van der Waals surface area contributed by atoms with Crippen molar-refractivity contribution in [3.63, 3.8) is 0 Å². The van der Waals surface area contributed by atoms with E-state index in [9.17, 15) is 14.4 Å². The minimum absolute atomic E-state index is 0.0668. The van der Waals surface area contributed by atoms with Crippen molar-refractivity contribution in [2.75, 3.05) is 10.2 Å². The number of anilines is 2. The molecule has 6 nitrogen and oxygen atoms in total. The van der Waals surface area contributed by atoms with Crippen LogP contribution in [0.2, 0.25) is 5.02 Å². The fourth-order valence-corrected chi connectivity index (χ4v) is 3.80. The second-order valence-electron chi connectivity index (χ2n) is 7.44. The third kappa shape index (κ3) is 4.77. The van der Waals surface area contributed by atoms with Crippen LogP contribution in [0.4, 0.5) is 11.4 Å². The number of nitrogens with zero attached hydrogens (tertiary/aromatic N) is 1. The molecule has 33 heavy (non-hydrogen) atoms. The van der Waals surface area contributed by atoms with Crippen LogP contribution in [0.3, 0.4) is 0 Å². The highest BCUT2D eigenvalue weighted by Gasteiger charge is 2.39. The molecule has 0 aliphatic carbocycles. The number of carbonyl (C=O) groups excluding carboxylic acids is 3. The monoisotopic (exact) mass is 479 g/mol. The predicted molar refractivity (Wildman–Crippen MR) is 129 cm³/mol. The van der Waals surface area contributed by atoms with Gasteiger partial charge in [-0.05, 0) is 48.4 Å². The van der Waals surface area contributed by atoms with Gasteiger partial charge in [0.05, 0.1) is 5.69 Å². The number of aryl methyl sites for hydroxylation is 1. The molecule has 3 aromatic rings. The molecule has 8 heteroatoms. The fourth-order valence-electron chi connectivity index (χ4n) is 3.42. The van der Waals surface area contributed by atoms with E-state index in [0.29, 0.717) is 34.1 Å². The van der Waals surface area contributed by atoms with Gasteiger partial charge in [0.2, 0.25) is 0 Å².